The second-order valence-corrected chi connectivity index (χ2v) is 9.43. The van der Waals surface area contributed by atoms with Gasteiger partial charge in [-0.3, -0.25) is 9.59 Å². The van der Waals surface area contributed by atoms with Crippen LogP contribution >= 0.6 is 12.4 Å². The monoisotopic (exact) mass is 504 g/mol. The van der Waals surface area contributed by atoms with E-state index in [2.05, 4.69) is 22.9 Å². The van der Waals surface area contributed by atoms with E-state index < -0.39 is 0 Å². The maximum atomic E-state index is 11.7. The van der Waals surface area contributed by atoms with E-state index in [0.29, 0.717) is 19.5 Å². The van der Waals surface area contributed by atoms with Crippen LogP contribution in [0.4, 0.5) is 0 Å². The summed E-state index contributed by atoms with van der Waals surface area (Å²) in [5.74, 6) is -0.216. The lowest BCUT2D eigenvalue weighted by Gasteiger charge is -2.07. The summed E-state index contributed by atoms with van der Waals surface area (Å²) >= 11 is 0. The second-order valence-electron chi connectivity index (χ2n) is 9.43. The van der Waals surface area contributed by atoms with Crippen molar-refractivity contribution in [2.24, 2.45) is 5.73 Å². The lowest BCUT2D eigenvalue weighted by Crippen LogP contribution is -2.37. The molecule has 0 aliphatic heterocycles. The molecule has 2 amide bonds. The molecule has 0 heterocycles. The first-order valence-electron chi connectivity index (χ1n) is 14.1. The van der Waals surface area contributed by atoms with Crippen LogP contribution in [0.2, 0.25) is 0 Å². The van der Waals surface area contributed by atoms with Gasteiger partial charge in [0.25, 0.3) is 0 Å². The predicted molar refractivity (Wildman–Crippen MR) is 149 cm³/mol. The smallest absolute Gasteiger partial charge is 0.239 e. The molecule has 0 bridgehead atoms. The first-order valence-corrected chi connectivity index (χ1v) is 14.1. The van der Waals surface area contributed by atoms with Crippen LogP contribution in [0.25, 0.3) is 0 Å². The minimum absolute atomic E-state index is 0. The van der Waals surface area contributed by atoms with Gasteiger partial charge < -0.3 is 21.7 Å². The Labute approximate surface area is 217 Å². The number of rotatable bonds is 26. The fourth-order valence-electron chi connectivity index (χ4n) is 3.96. The summed E-state index contributed by atoms with van der Waals surface area (Å²) < 4.78 is 0. The van der Waals surface area contributed by atoms with E-state index in [1.807, 2.05) is 0 Å². The first kappa shape index (κ1) is 35.3. The number of nitrogens with one attached hydrogen (secondary N) is 3. The van der Waals surface area contributed by atoms with Crippen molar-refractivity contribution in [1.29, 1.82) is 0 Å². The number of nitrogens with two attached hydrogens (primary N) is 1. The summed E-state index contributed by atoms with van der Waals surface area (Å²) in [7, 11) is 0. The van der Waals surface area contributed by atoms with Gasteiger partial charge in [0, 0.05) is 13.0 Å². The zero-order valence-corrected chi connectivity index (χ0v) is 23.1. The molecule has 0 saturated carbocycles. The number of halogens is 1. The molecule has 0 rings (SSSR count). The molecule has 0 fully saturated rings. The highest BCUT2D eigenvalue weighted by Gasteiger charge is 2.04. The largest absolute Gasteiger partial charge is 0.355 e. The zero-order valence-electron chi connectivity index (χ0n) is 22.3. The number of hydrogen-bond acceptors (Lipinski definition) is 4. The Balaban J connectivity index is 0. The molecule has 0 aromatic rings. The number of carbonyl (C=O) groups excluding carboxylic acids is 2. The van der Waals surface area contributed by atoms with Gasteiger partial charge in [-0.2, -0.15) is 0 Å². The van der Waals surface area contributed by atoms with Crippen molar-refractivity contribution in [1.82, 2.24) is 16.0 Å². The Bertz CT molecular complexity index is 439. The summed E-state index contributed by atoms with van der Waals surface area (Å²) in [4.78, 5) is 23.2. The van der Waals surface area contributed by atoms with E-state index >= 15 is 0 Å². The van der Waals surface area contributed by atoms with Crippen molar-refractivity contribution < 1.29 is 9.59 Å². The highest BCUT2D eigenvalue weighted by molar-refractivity contribution is 5.85. The van der Waals surface area contributed by atoms with Crippen LogP contribution < -0.4 is 21.7 Å². The van der Waals surface area contributed by atoms with Crippen molar-refractivity contribution in [2.75, 3.05) is 32.7 Å². The molecule has 7 heteroatoms. The van der Waals surface area contributed by atoms with Gasteiger partial charge in [-0.15, -0.1) is 12.4 Å². The van der Waals surface area contributed by atoms with Crippen LogP contribution in [0.5, 0.6) is 0 Å². The Morgan fingerprint density at radius 3 is 1.53 bits per heavy atom. The first-order chi connectivity index (χ1) is 16.2. The summed E-state index contributed by atoms with van der Waals surface area (Å²) in [5, 5.41) is 8.80. The molecule has 0 radical (unpaired) electrons. The van der Waals surface area contributed by atoms with E-state index in [4.69, 9.17) is 5.73 Å². The molecule has 5 N–H and O–H groups in total. The number of hydrogen-bond donors (Lipinski definition) is 4. The standard InChI is InChI=1S/C27H56N4O2.ClH/c1-2-3-4-5-6-7-8-9-10-11-12-13-14-15-16-17-22-29-23-18-20-26(32)31-25-27(33)30-24-19-21-28;/h29H,2-25,28H2,1H3,(H,30,33)(H,31,32);1H. The highest BCUT2D eigenvalue weighted by Crippen LogP contribution is 2.13. The minimum atomic E-state index is -0.154. The molecule has 6 nitrogen and oxygen atoms in total. The minimum Gasteiger partial charge on any atom is -0.355 e. The van der Waals surface area contributed by atoms with Crippen molar-refractivity contribution in [3.63, 3.8) is 0 Å². The van der Waals surface area contributed by atoms with Crippen LogP contribution in [0.15, 0.2) is 0 Å². The third-order valence-electron chi connectivity index (χ3n) is 6.11. The molecule has 0 aromatic heterocycles. The average molecular weight is 505 g/mol. The average Bonchev–Trinajstić information content (AvgIpc) is 2.81. The maximum absolute atomic E-state index is 11.7. The third kappa shape index (κ3) is 29.2. The van der Waals surface area contributed by atoms with Gasteiger partial charge in [-0.05, 0) is 38.9 Å². The van der Waals surface area contributed by atoms with E-state index in [-0.39, 0.29) is 30.8 Å². The quantitative estimate of drug-likeness (QED) is 0.115. The zero-order chi connectivity index (χ0) is 24.2. The topological polar surface area (TPSA) is 96.2 Å². The number of carbonyl (C=O) groups is 2. The lowest BCUT2D eigenvalue weighted by atomic mass is 10.0. The van der Waals surface area contributed by atoms with Gasteiger partial charge in [0.2, 0.25) is 11.8 Å². The molecule has 34 heavy (non-hydrogen) atoms. The van der Waals surface area contributed by atoms with E-state index in [0.717, 1.165) is 25.9 Å². The lowest BCUT2D eigenvalue weighted by molar-refractivity contribution is -0.126. The second kappa shape index (κ2) is 30.2. The Kier molecular flexibility index (Phi) is 31.3. The van der Waals surface area contributed by atoms with Gasteiger partial charge in [0.15, 0.2) is 0 Å². The molecule has 0 unspecified atom stereocenters. The highest BCUT2D eigenvalue weighted by atomic mass is 35.5. The molecule has 0 spiro atoms. The van der Waals surface area contributed by atoms with Crippen LogP contribution in [-0.4, -0.2) is 44.5 Å². The normalized spacial score (nSPS) is 10.6. The van der Waals surface area contributed by atoms with Gasteiger partial charge >= 0.3 is 0 Å². The summed E-state index contributed by atoms with van der Waals surface area (Å²) in [6.45, 7) is 5.34. The fraction of sp³-hybridized carbons (Fsp3) is 0.926. The van der Waals surface area contributed by atoms with Gasteiger partial charge in [0.05, 0.1) is 6.54 Å². The molecule has 0 saturated heterocycles. The molecule has 0 aliphatic carbocycles. The van der Waals surface area contributed by atoms with Crippen molar-refractivity contribution in [3.8, 4) is 0 Å². The molecule has 0 atom stereocenters. The SMILES string of the molecule is CCCCCCCCCCCCCCCCCCNCCCC(=O)NCC(=O)NCCCN.Cl. The fourth-order valence-corrected chi connectivity index (χ4v) is 3.96. The van der Waals surface area contributed by atoms with Crippen molar-refractivity contribution in [2.45, 2.75) is 129 Å². The number of unbranched alkanes of at least 4 members (excludes halogenated alkanes) is 15. The maximum Gasteiger partial charge on any atom is 0.239 e. The summed E-state index contributed by atoms with van der Waals surface area (Å²) in [6.07, 6.45) is 24.3. The predicted octanol–water partition coefficient (Wildman–Crippen LogP) is 5.62. The van der Waals surface area contributed by atoms with Gasteiger partial charge in [-0.25, -0.2) is 0 Å². The van der Waals surface area contributed by atoms with Crippen molar-refractivity contribution >= 4 is 24.2 Å². The summed E-state index contributed by atoms with van der Waals surface area (Å²) in [6, 6.07) is 0. The van der Waals surface area contributed by atoms with Crippen LogP contribution in [0.3, 0.4) is 0 Å². The van der Waals surface area contributed by atoms with Crippen LogP contribution in [-0.2, 0) is 9.59 Å². The molecule has 204 valence electrons. The van der Waals surface area contributed by atoms with Crippen molar-refractivity contribution in [3.05, 3.63) is 0 Å². The Hall–Kier alpha value is -0.850. The van der Waals surface area contributed by atoms with Gasteiger partial charge in [-0.1, -0.05) is 103 Å². The van der Waals surface area contributed by atoms with E-state index in [1.54, 1.807) is 0 Å². The Morgan fingerprint density at radius 2 is 1.03 bits per heavy atom. The number of amides is 2. The van der Waals surface area contributed by atoms with Gasteiger partial charge in [0.1, 0.15) is 0 Å². The molecular weight excluding hydrogens is 448 g/mol. The molecular formula is C27H57ClN4O2. The van der Waals surface area contributed by atoms with Crippen LogP contribution in [0.1, 0.15) is 129 Å². The third-order valence-corrected chi connectivity index (χ3v) is 6.11. The van der Waals surface area contributed by atoms with E-state index in [9.17, 15) is 9.59 Å². The van der Waals surface area contributed by atoms with E-state index in [1.165, 1.54) is 103 Å². The Morgan fingerprint density at radius 1 is 0.559 bits per heavy atom. The molecule has 0 aliphatic rings. The van der Waals surface area contributed by atoms with Crippen LogP contribution in [0, 0.1) is 0 Å². The molecule has 0 aromatic carbocycles. The summed E-state index contributed by atoms with van der Waals surface area (Å²) in [5.41, 5.74) is 5.37.